The first-order chi connectivity index (χ1) is 15.1. The van der Waals surface area contributed by atoms with E-state index in [1.165, 1.54) is 6.33 Å². The van der Waals surface area contributed by atoms with Crippen molar-refractivity contribution in [3.05, 3.63) is 52.9 Å². The topological polar surface area (TPSA) is 83.1 Å². The summed E-state index contributed by atoms with van der Waals surface area (Å²) in [6.07, 6.45) is 8.07. The molecule has 2 fully saturated rings. The van der Waals surface area contributed by atoms with Crippen LogP contribution >= 0.6 is 11.6 Å². The van der Waals surface area contributed by atoms with E-state index in [0.717, 1.165) is 44.2 Å². The molecule has 162 valence electrons. The number of ether oxygens (including phenoxy) is 1. The molecule has 2 N–H and O–H groups in total. The van der Waals surface area contributed by atoms with E-state index < -0.39 is 0 Å². The molecule has 31 heavy (non-hydrogen) atoms. The van der Waals surface area contributed by atoms with Crippen LogP contribution in [0.25, 0.3) is 11.0 Å². The molecule has 1 aliphatic carbocycles. The van der Waals surface area contributed by atoms with E-state index in [-0.39, 0.29) is 5.78 Å². The standard InChI is InChI=1S/C23H26ClN5O2/c1-31-16-11-29(12-16)15-8-6-14(7-9-15)28-23-20-18(10-25-22(20)26-13-27-23)21(30)17-4-2-3-5-19(17)24/h2-5,10,13-16H,6-9,11-12H2,1H3,(H2,25,26,27,28)/t14-,15+. The quantitative estimate of drug-likeness (QED) is 0.567. The van der Waals surface area contributed by atoms with Gasteiger partial charge in [0.2, 0.25) is 0 Å². The van der Waals surface area contributed by atoms with E-state index in [2.05, 4.69) is 25.2 Å². The molecule has 1 aromatic carbocycles. The van der Waals surface area contributed by atoms with Gasteiger partial charge in [0.1, 0.15) is 17.8 Å². The van der Waals surface area contributed by atoms with E-state index in [4.69, 9.17) is 16.3 Å². The largest absolute Gasteiger partial charge is 0.379 e. The minimum atomic E-state index is -0.135. The molecule has 2 aromatic heterocycles. The van der Waals surface area contributed by atoms with E-state index in [9.17, 15) is 4.79 Å². The van der Waals surface area contributed by atoms with Gasteiger partial charge in [0.15, 0.2) is 5.78 Å². The van der Waals surface area contributed by atoms with Crippen LogP contribution in [0.4, 0.5) is 5.82 Å². The van der Waals surface area contributed by atoms with E-state index >= 15 is 0 Å². The molecule has 2 aliphatic rings. The molecule has 1 aliphatic heterocycles. The third-order valence-corrected chi connectivity index (χ3v) is 6.93. The Balaban J connectivity index is 1.33. The van der Waals surface area contributed by atoms with Crippen LogP contribution in [0.15, 0.2) is 36.8 Å². The maximum Gasteiger partial charge on any atom is 0.196 e. The number of hydrogen-bond acceptors (Lipinski definition) is 6. The number of benzene rings is 1. The number of hydrogen-bond donors (Lipinski definition) is 2. The number of fused-ring (bicyclic) bond motifs is 1. The van der Waals surface area contributed by atoms with Crippen LogP contribution in [0, 0.1) is 0 Å². The van der Waals surface area contributed by atoms with Gasteiger partial charge in [-0.3, -0.25) is 9.69 Å². The highest BCUT2D eigenvalue weighted by atomic mass is 35.5. The Morgan fingerprint density at radius 1 is 1.16 bits per heavy atom. The Hall–Kier alpha value is -2.48. The van der Waals surface area contributed by atoms with E-state index in [0.29, 0.717) is 45.8 Å². The Morgan fingerprint density at radius 3 is 2.68 bits per heavy atom. The van der Waals surface area contributed by atoms with Gasteiger partial charge in [-0.05, 0) is 37.8 Å². The molecule has 5 rings (SSSR count). The van der Waals surface area contributed by atoms with Gasteiger partial charge in [-0.25, -0.2) is 9.97 Å². The minimum absolute atomic E-state index is 0.135. The smallest absolute Gasteiger partial charge is 0.196 e. The first-order valence-electron chi connectivity index (χ1n) is 10.8. The molecule has 0 spiro atoms. The summed E-state index contributed by atoms with van der Waals surface area (Å²) in [7, 11) is 1.79. The predicted molar refractivity (Wildman–Crippen MR) is 121 cm³/mol. The third-order valence-electron chi connectivity index (χ3n) is 6.60. The number of rotatable bonds is 6. The number of likely N-dealkylation sites (tertiary alicyclic amines) is 1. The van der Waals surface area contributed by atoms with Crippen molar-refractivity contribution in [3.63, 3.8) is 0 Å². The zero-order chi connectivity index (χ0) is 21.4. The summed E-state index contributed by atoms with van der Waals surface area (Å²) in [6.45, 7) is 2.09. The lowest BCUT2D eigenvalue weighted by molar-refractivity contribution is -0.0574. The number of anilines is 1. The van der Waals surface area contributed by atoms with Gasteiger partial charge in [-0.15, -0.1) is 0 Å². The molecule has 0 unspecified atom stereocenters. The lowest BCUT2D eigenvalue weighted by Gasteiger charge is -2.46. The van der Waals surface area contributed by atoms with Crippen LogP contribution in [0.3, 0.4) is 0 Å². The lowest BCUT2D eigenvalue weighted by atomic mass is 9.88. The number of H-pyrrole nitrogens is 1. The number of halogens is 1. The fraction of sp³-hybridized carbons (Fsp3) is 0.435. The second-order valence-electron chi connectivity index (χ2n) is 8.42. The molecule has 0 bridgehead atoms. The summed E-state index contributed by atoms with van der Waals surface area (Å²) in [6, 6.07) is 8.06. The number of carbonyl (C=O) groups excluding carboxylic acids is 1. The number of methoxy groups -OCH3 is 1. The van der Waals surface area contributed by atoms with Gasteiger partial charge in [0.05, 0.1) is 22.1 Å². The zero-order valence-electron chi connectivity index (χ0n) is 17.5. The van der Waals surface area contributed by atoms with Gasteiger partial charge in [-0.1, -0.05) is 23.7 Å². The number of aromatic nitrogens is 3. The molecule has 0 atom stereocenters. The Morgan fingerprint density at radius 2 is 1.94 bits per heavy atom. The van der Waals surface area contributed by atoms with Crippen LogP contribution in [0.1, 0.15) is 41.6 Å². The van der Waals surface area contributed by atoms with Crippen LogP contribution in [-0.2, 0) is 4.74 Å². The number of nitrogens with zero attached hydrogens (tertiary/aromatic N) is 3. The van der Waals surface area contributed by atoms with Crippen molar-refractivity contribution in [2.24, 2.45) is 0 Å². The second-order valence-corrected chi connectivity index (χ2v) is 8.83. The highest BCUT2D eigenvalue weighted by molar-refractivity contribution is 6.35. The Bertz CT molecular complexity index is 1090. The molecule has 0 radical (unpaired) electrons. The molecular formula is C23H26ClN5O2. The van der Waals surface area contributed by atoms with Gasteiger partial charge < -0.3 is 15.0 Å². The average Bonchev–Trinajstić information content (AvgIpc) is 3.19. The molecule has 3 aromatic rings. The van der Waals surface area contributed by atoms with Crippen LogP contribution in [0.2, 0.25) is 5.02 Å². The average molecular weight is 440 g/mol. The van der Waals surface area contributed by atoms with Gasteiger partial charge in [0, 0.05) is 44.0 Å². The first-order valence-corrected chi connectivity index (χ1v) is 11.2. The Kier molecular flexibility index (Phi) is 5.65. The number of nitrogens with one attached hydrogen (secondary N) is 2. The maximum absolute atomic E-state index is 13.2. The van der Waals surface area contributed by atoms with Crippen molar-refractivity contribution in [1.29, 1.82) is 0 Å². The predicted octanol–water partition coefficient (Wildman–Crippen LogP) is 3.90. The van der Waals surface area contributed by atoms with Crippen molar-refractivity contribution in [3.8, 4) is 0 Å². The van der Waals surface area contributed by atoms with Crippen LogP contribution in [0.5, 0.6) is 0 Å². The zero-order valence-corrected chi connectivity index (χ0v) is 18.2. The van der Waals surface area contributed by atoms with Crippen LogP contribution < -0.4 is 5.32 Å². The Labute approximate surface area is 186 Å². The maximum atomic E-state index is 13.2. The van der Waals surface area contributed by atoms with Crippen molar-refractivity contribution in [2.45, 2.75) is 43.9 Å². The molecule has 1 saturated heterocycles. The van der Waals surface area contributed by atoms with Crippen molar-refractivity contribution >= 4 is 34.2 Å². The molecule has 8 heteroatoms. The monoisotopic (exact) mass is 439 g/mol. The minimum Gasteiger partial charge on any atom is -0.379 e. The van der Waals surface area contributed by atoms with Crippen molar-refractivity contribution < 1.29 is 9.53 Å². The number of aromatic amines is 1. The van der Waals surface area contributed by atoms with Gasteiger partial charge in [0.25, 0.3) is 0 Å². The molecular weight excluding hydrogens is 414 g/mol. The summed E-state index contributed by atoms with van der Waals surface area (Å²) in [5.41, 5.74) is 1.66. The SMILES string of the molecule is COC1CN([C@H]2CC[C@@H](Nc3ncnc4[nH]cc(C(=O)c5ccccc5Cl)c34)CC2)C1. The summed E-state index contributed by atoms with van der Waals surface area (Å²) >= 11 is 6.27. The van der Waals surface area contributed by atoms with Gasteiger partial charge >= 0.3 is 0 Å². The van der Waals surface area contributed by atoms with Gasteiger partial charge in [-0.2, -0.15) is 0 Å². The highest BCUT2D eigenvalue weighted by Gasteiger charge is 2.34. The molecule has 7 nitrogen and oxygen atoms in total. The van der Waals surface area contributed by atoms with E-state index in [1.807, 2.05) is 12.1 Å². The fourth-order valence-electron chi connectivity index (χ4n) is 4.74. The summed E-state index contributed by atoms with van der Waals surface area (Å²) in [4.78, 5) is 27.6. The normalized spacial score (nSPS) is 22.4. The molecule has 3 heterocycles. The van der Waals surface area contributed by atoms with Crippen LogP contribution in [-0.4, -0.2) is 64.0 Å². The third kappa shape index (κ3) is 3.93. The first kappa shape index (κ1) is 20.4. The molecule has 0 amide bonds. The van der Waals surface area contributed by atoms with Crippen molar-refractivity contribution in [2.75, 3.05) is 25.5 Å². The summed E-state index contributed by atoms with van der Waals surface area (Å²) in [5.74, 6) is 0.567. The fourth-order valence-corrected chi connectivity index (χ4v) is 4.96. The highest BCUT2D eigenvalue weighted by Crippen LogP contribution is 2.32. The second kappa shape index (κ2) is 8.57. The number of ketones is 1. The summed E-state index contributed by atoms with van der Waals surface area (Å²) < 4.78 is 5.40. The van der Waals surface area contributed by atoms with Crippen molar-refractivity contribution in [1.82, 2.24) is 19.9 Å². The number of carbonyl (C=O) groups is 1. The lowest BCUT2D eigenvalue weighted by Crippen LogP contribution is -2.57. The van der Waals surface area contributed by atoms with E-state index in [1.54, 1.807) is 25.4 Å². The molecule has 1 saturated carbocycles. The summed E-state index contributed by atoms with van der Waals surface area (Å²) in [5, 5.41) is 4.75.